The van der Waals surface area contributed by atoms with Gasteiger partial charge in [-0.1, -0.05) is 123 Å². The maximum atomic E-state index is 13.1. The van der Waals surface area contributed by atoms with Gasteiger partial charge in [0.25, 0.3) is 0 Å². The predicted octanol–water partition coefficient (Wildman–Crippen LogP) is 9.56. The summed E-state index contributed by atoms with van der Waals surface area (Å²) >= 11 is 0. The van der Waals surface area contributed by atoms with E-state index in [0.717, 1.165) is 38.5 Å². The zero-order valence-electron chi connectivity index (χ0n) is 58.8. The molecule has 0 aromatic heterocycles. The Balaban J connectivity index is 1.00. The monoisotopic (exact) mass is 1350 g/mol. The van der Waals surface area contributed by atoms with Crippen LogP contribution in [0.1, 0.15) is 217 Å². The lowest BCUT2D eigenvalue weighted by Gasteiger charge is -2.22. The van der Waals surface area contributed by atoms with E-state index in [9.17, 15) is 58.8 Å². The van der Waals surface area contributed by atoms with Gasteiger partial charge in [-0.05, 0) is 138 Å². The summed E-state index contributed by atoms with van der Waals surface area (Å²) in [5, 5.41) is 57.9. The van der Waals surface area contributed by atoms with E-state index in [4.69, 9.17) is 28.4 Å². The number of benzene rings is 4. The number of Topliss-reactive ketones (excluding diaryl/α,β-unsaturated/α-hetero) is 4. The molecule has 97 heavy (non-hydrogen) atoms. The standard InChI is InChI=1S/C73H106N6O18/c1-47(78-66(84)74-38-18-14-16-20-40-76-68(86)96-60(52-22-30-56(31-23-52)62(80)70(6,7)88)53-24-32-57(33-25-53)63(81)71(8,9)89)42-92-44-49(3)94-46-51(5)95-45-50(4)93-43-48(2)79-67(85)75-39-19-15-17-21-41-77-69(87)97-61(54-26-34-58(35-27-54)64(82)72(10,11)90)55-28-36-59(37-29-55)65(83)73(12,13)91/h22-37,47-51,60-61,88-91H,14-21,38-46H2,1-13H3,(H,76,86)(H,77,87)(H2,74,78,84)(H2,75,79,85). The van der Waals surface area contributed by atoms with Gasteiger partial charge in [0, 0.05) is 48.4 Å². The summed E-state index contributed by atoms with van der Waals surface area (Å²) < 4.78 is 35.3. The summed E-state index contributed by atoms with van der Waals surface area (Å²) in [6.45, 7) is 23.7. The van der Waals surface area contributed by atoms with Gasteiger partial charge in [-0.3, -0.25) is 19.2 Å². The van der Waals surface area contributed by atoms with Crippen molar-refractivity contribution < 1.29 is 87.2 Å². The molecule has 0 spiro atoms. The van der Waals surface area contributed by atoms with Crippen LogP contribution in [0.2, 0.25) is 0 Å². The second-order valence-corrected chi connectivity index (χ2v) is 26.9. The molecule has 536 valence electrons. The third-order valence-electron chi connectivity index (χ3n) is 15.2. The van der Waals surface area contributed by atoms with Gasteiger partial charge in [0.2, 0.25) is 0 Å². The molecule has 24 heteroatoms. The first-order valence-corrected chi connectivity index (χ1v) is 33.4. The zero-order valence-corrected chi connectivity index (χ0v) is 58.8. The largest absolute Gasteiger partial charge is 0.436 e. The van der Waals surface area contributed by atoms with Gasteiger partial charge in [-0.2, -0.15) is 0 Å². The molecule has 0 aliphatic carbocycles. The van der Waals surface area contributed by atoms with Crippen LogP contribution in [0.4, 0.5) is 19.2 Å². The summed E-state index contributed by atoms with van der Waals surface area (Å²) in [5.41, 5.74) is -2.92. The SMILES string of the molecule is CC(COCC(C)OCC(C)OCC(C)OCC(C)NC(=O)NCCCCCCNC(=O)OC(c1ccc(C(=O)C(C)(C)O)cc1)c1ccc(C(=O)C(C)(C)O)cc1)NC(=O)NCCCCCCNC(=O)OC(c1ccc(C(=O)C(C)(C)O)cc1)c1ccc(C(=O)C(C)(C)O)cc1. The fourth-order valence-electron chi connectivity index (χ4n) is 9.69. The molecule has 6 amide bonds. The van der Waals surface area contributed by atoms with Crippen LogP contribution < -0.4 is 31.9 Å². The van der Waals surface area contributed by atoms with Crippen LogP contribution in [0.15, 0.2) is 97.1 Å². The van der Waals surface area contributed by atoms with Gasteiger partial charge in [0.05, 0.1) is 63.4 Å². The Hall–Kier alpha value is -7.68. The molecule has 4 rings (SSSR count). The minimum absolute atomic E-state index is 0.227. The molecule has 24 nitrogen and oxygen atoms in total. The van der Waals surface area contributed by atoms with Crippen molar-refractivity contribution in [2.45, 2.75) is 206 Å². The van der Waals surface area contributed by atoms with E-state index in [0.29, 0.717) is 81.1 Å². The molecule has 0 fully saturated rings. The molecule has 0 heterocycles. The minimum atomic E-state index is -1.57. The number of amides is 6. The van der Waals surface area contributed by atoms with Crippen LogP contribution in [0.5, 0.6) is 0 Å². The highest BCUT2D eigenvalue weighted by Gasteiger charge is 2.31. The van der Waals surface area contributed by atoms with Crippen molar-refractivity contribution in [1.29, 1.82) is 0 Å². The van der Waals surface area contributed by atoms with Crippen LogP contribution in [0, 0.1) is 0 Å². The molecular formula is C73H106N6O18. The summed E-state index contributed by atoms with van der Waals surface area (Å²) in [4.78, 5) is 102. The molecule has 0 radical (unpaired) electrons. The molecule has 0 aliphatic heterocycles. The normalized spacial score (nSPS) is 13.6. The fraction of sp³-hybridized carbons (Fsp3) is 0.562. The lowest BCUT2D eigenvalue weighted by atomic mass is 9.92. The number of ketones is 4. The fourth-order valence-corrected chi connectivity index (χ4v) is 9.69. The van der Waals surface area contributed by atoms with Crippen molar-refractivity contribution in [3.05, 3.63) is 142 Å². The highest BCUT2D eigenvalue weighted by atomic mass is 16.6. The lowest BCUT2D eigenvalue weighted by Crippen LogP contribution is -2.43. The van der Waals surface area contributed by atoms with Gasteiger partial charge in [-0.15, -0.1) is 0 Å². The van der Waals surface area contributed by atoms with Crippen LogP contribution in [-0.2, 0) is 28.4 Å². The zero-order chi connectivity index (χ0) is 72.1. The molecule has 4 aromatic rings. The van der Waals surface area contributed by atoms with E-state index in [1.54, 1.807) is 97.1 Å². The maximum absolute atomic E-state index is 13.1. The van der Waals surface area contributed by atoms with Crippen molar-refractivity contribution >= 4 is 47.4 Å². The molecule has 0 aliphatic rings. The number of hydrogen-bond acceptors (Lipinski definition) is 18. The Bertz CT molecular complexity index is 2980. The smallest absolute Gasteiger partial charge is 0.408 e. The number of ether oxygens (including phenoxy) is 6. The number of unbranched alkanes of at least 4 members (excludes halogenated alkanes) is 6. The Morgan fingerprint density at radius 3 is 0.866 bits per heavy atom. The van der Waals surface area contributed by atoms with Crippen LogP contribution in [0.25, 0.3) is 0 Å². The third-order valence-corrected chi connectivity index (χ3v) is 15.2. The summed E-state index contributed by atoms with van der Waals surface area (Å²) in [6.07, 6.45) is 2.10. The van der Waals surface area contributed by atoms with E-state index in [-0.39, 0.29) is 77.9 Å². The minimum Gasteiger partial charge on any atom is -0.436 e. The maximum Gasteiger partial charge on any atom is 0.408 e. The topological polar surface area (TPSA) is 345 Å². The Kier molecular flexibility index (Phi) is 33.4. The van der Waals surface area contributed by atoms with Gasteiger partial charge in [0.15, 0.2) is 35.3 Å². The van der Waals surface area contributed by atoms with Gasteiger partial charge < -0.3 is 80.7 Å². The average Bonchev–Trinajstić information content (AvgIpc) is 0.820. The van der Waals surface area contributed by atoms with E-state index >= 15 is 0 Å². The van der Waals surface area contributed by atoms with Crippen molar-refractivity contribution in [1.82, 2.24) is 31.9 Å². The van der Waals surface area contributed by atoms with Gasteiger partial charge in [0.1, 0.15) is 22.4 Å². The summed E-state index contributed by atoms with van der Waals surface area (Å²) in [7, 11) is 0. The van der Waals surface area contributed by atoms with E-state index in [1.165, 1.54) is 55.4 Å². The number of alkyl carbamates (subject to hydrolysis) is 2. The molecule has 10 N–H and O–H groups in total. The van der Waals surface area contributed by atoms with E-state index < -0.39 is 69.9 Å². The molecule has 4 aromatic carbocycles. The van der Waals surface area contributed by atoms with Crippen molar-refractivity contribution in [3.8, 4) is 0 Å². The Labute approximate surface area is 571 Å². The highest BCUT2D eigenvalue weighted by Crippen LogP contribution is 2.31. The molecule has 5 unspecified atom stereocenters. The van der Waals surface area contributed by atoms with Gasteiger partial charge >= 0.3 is 24.2 Å². The molecule has 0 saturated carbocycles. The third kappa shape index (κ3) is 30.3. The first kappa shape index (κ1) is 81.7. The van der Waals surface area contributed by atoms with Crippen molar-refractivity contribution in [2.75, 3.05) is 59.2 Å². The number of carbonyl (C=O) groups is 8. The second-order valence-electron chi connectivity index (χ2n) is 26.9. The van der Waals surface area contributed by atoms with E-state index in [1.807, 2.05) is 34.6 Å². The second kappa shape index (κ2) is 39.7. The number of rotatable bonds is 43. The van der Waals surface area contributed by atoms with Crippen LogP contribution in [0.3, 0.4) is 0 Å². The lowest BCUT2D eigenvalue weighted by molar-refractivity contribution is -0.0815. The number of hydrogen-bond donors (Lipinski definition) is 10. The number of carbonyl (C=O) groups excluding carboxylic acids is 8. The quantitative estimate of drug-likeness (QED) is 0.0146. The van der Waals surface area contributed by atoms with Crippen molar-refractivity contribution in [3.63, 3.8) is 0 Å². The number of urea groups is 2. The molecule has 0 saturated heterocycles. The highest BCUT2D eigenvalue weighted by molar-refractivity contribution is 6.03. The Morgan fingerprint density at radius 2 is 0.588 bits per heavy atom. The van der Waals surface area contributed by atoms with Crippen LogP contribution in [-0.4, -0.2) is 180 Å². The first-order valence-electron chi connectivity index (χ1n) is 33.4. The molecule has 0 bridgehead atoms. The number of nitrogens with one attached hydrogen (secondary N) is 6. The van der Waals surface area contributed by atoms with Crippen LogP contribution >= 0.6 is 0 Å². The summed E-state index contributed by atoms with van der Waals surface area (Å²) in [5.74, 6) is -1.86. The predicted molar refractivity (Wildman–Crippen MR) is 367 cm³/mol. The summed E-state index contributed by atoms with van der Waals surface area (Å²) in [6, 6.07) is 24.4. The average molecular weight is 1360 g/mol. The van der Waals surface area contributed by atoms with Crippen molar-refractivity contribution in [2.24, 2.45) is 0 Å². The van der Waals surface area contributed by atoms with E-state index in [2.05, 4.69) is 31.9 Å². The number of aliphatic hydroxyl groups is 4. The molecule has 5 atom stereocenters. The molecular weight excluding hydrogens is 1250 g/mol. The van der Waals surface area contributed by atoms with Gasteiger partial charge in [-0.25, -0.2) is 19.2 Å². The first-order chi connectivity index (χ1) is 45.5. The Morgan fingerprint density at radius 1 is 0.340 bits per heavy atom.